The summed E-state index contributed by atoms with van der Waals surface area (Å²) in [4.78, 5) is 27.9. The first-order valence-electron chi connectivity index (χ1n) is 8.77. The average molecular weight is 397 g/mol. The smallest absolute Gasteiger partial charge is 0.412 e. The number of halogens is 1. The van der Waals surface area contributed by atoms with Gasteiger partial charge < -0.3 is 10.1 Å². The molecule has 0 saturated heterocycles. The Morgan fingerprint density at radius 3 is 2.31 bits per heavy atom. The second-order valence-corrected chi connectivity index (χ2v) is 7.16. The maximum absolute atomic E-state index is 14.3. The fourth-order valence-corrected chi connectivity index (χ4v) is 2.43. The van der Waals surface area contributed by atoms with Gasteiger partial charge >= 0.3 is 6.09 Å². The topological polar surface area (TPSA) is 98.1 Å². The number of anilines is 2. The van der Waals surface area contributed by atoms with Crippen LogP contribution in [0.15, 0.2) is 55.1 Å². The zero-order valence-electron chi connectivity index (χ0n) is 16.1. The lowest BCUT2D eigenvalue weighted by Gasteiger charge is -2.19. The molecular weight excluding hydrogens is 377 g/mol. The zero-order chi connectivity index (χ0) is 21.0. The van der Waals surface area contributed by atoms with Crippen LogP contribution >= 0.6 is 0 Å². The van der Waals surface area contributed by atoms with Gasteiger partial charge in [-0.15, -0.1) is 0 Å². The van der Waals surface area contributed by atoms with Crippen molar-refractivity contribution in [1.29, 1.82) is 0 Å². The fraction of sp³-hybridized carbons (Fsp3) is 0.200. The molecule has 0 saturated carbocycles. The number of carbonyl (C=O) groups is 2. The van der Waals surface area contributed by atoms with E-state index in [-0.39, 0.29) is 5.69 Å². The van der Waals surface area contributed by atoms with Crippen molar-refractivity contribution in [3.8, 4) is 5.69 Å². The molecule has 1 heterocycles. The molecule has 0 spiro atoms. The van der Waals surface area contributed by atoms with Gasteiger partial charge in [-0.05, 0) is 63.2 Å². The summed E-state index contributed by atoms with van der Waals surface area (Å²) >= 11 is 0. The normalized spacial score (nSPS) is 11.0. The highest BCUT2D eigenvalue weighted by atomic mass is 19.1. The summed E-state index contributed by atoms with van der Waals surface area (Å²) in [7, 11) is 0. The summed E-state index contributed by atoms with van der Waals surface area (Å²) in [6.45, 7) is 5.30. The predicted molar refractivity (Wildman–Crippen MR) is 106 cm³/mol. The predicted octanol–water partition coefficient (Wildman–Crippen LogP) is 4.01. The van der Waals surface area contributed by atoms with Gasteiger partial charge in [0.25, 0.3) is 5.91 Å². The molecule has 3 rings (SSSR count). The average Bonchev–Trinajstić information content (AvgIpc) is 3.15. The SMILES string of the molecule is CC(C)(C)OC(=O)Nc1ccc(C(=O)Nc2ccc(-n3cncn3)c(F)c2)cc1. The number of rotatable bonds is 4. The maximum Gasteiger partial charge on any atom is 0.412 e. The van der Waals surface area contributed by atoms with E-state index in [1.807, 2.05) is 0 Å². The van der Waals surface area contributed by atoms with Crippen LogP contribution in [-0.2, 0) is 4.74 Å². The molecule has 0 unspecified atom stereocenters. The molecule has 2 aromatic carbocycles. The molecule has 0 aliphatic rings. The van der Waals surface area contributed by atoms with Crippen molar-refractivity contribution in [1.82, 2.24) is 14.8 Å². The van der Waals surface area contributed by atoms with Gasteiger partial charge in [0, 0.05) is 16.9 Å². The Labute approximate surface area is 166 Å². The van der Waals surface area contributed by atoms with E-state index in [9.17, 15) is 14.0 Å². The van der Waals surface area contributed by atoms with Gasteiger partial charge in [-0.25, -0.2) is 18.9 Å². The third kappa shape index (κ3) is 5.38. The number of carbonyl (C=O) groups excluding carboxylic acids is 2. The second-order valence-electron chi connectivity index (χ2n) is 7.16. The summed E-state index contributed by atoms with van der Waals surface area (Å²) in [5.74, 6) is -0.966. The number of aromatic nitrogens is 3. The lowest BCUT2D eigenvalue weighted by Crippen LogP contribution is -2.27. The Kier molecular flexibility index (Phi) is 5.58. The van der Waals surface area contributed by atoms with Gasteiger partial charge in [0.05, 0.1) is 0 Å². The van der Waals surface area contributed by atoms with E-state index in [1.54, 1.807) is 51.1 Å². The lowest BCUT2D eigenvalue weighted by molar-refractivity contribution is 0.0636. The minimum absolute atomic E-state index is 0.220. The van der Waals surface area contributed by atoms with Crippen LogP contribution in [0.4, 0.5) is 20.6 Å². The molecule has 29 heavy (non-hydrogen) atoms. The summed E-state index contributed by atoms with van der Waals surface area (Å²) in [5, 5.41) is 9.09. The minimum atomic E-state index is -0.608. The van der Waals surface area contributed by atoms with E-state index < -0.39 is 23.4 Å². The van der Waals surface area contributed by atoms with Gasteiger partial charge in [0.1, 0.15) is 23.9 Å². The van der Waals surface area contributed by atoms with Crippen LogP contribution in [0, 0.1) is 5.82 Å². The van der Waals surface area contributed by atoms with Gasteiger partial charge in [0.2, 0.25) is 0 Å². The van der Waals surface area contributed by atoms with Crippen LogP contribution in [0.25, 0.3) is 5.69 Å². The number of hydrogen-bond acceptors (Lipinski definition) is 5. The summed E-state index contributed by atoms with van der Waals surface area (Å²) in [5.41, 5.74) is 0.743. The zero-order valence-corrected chi connectivity index (χ0v) is 16.1. The molecule has 3 aromatic rings. The first kappa shape index (κ1) is 20.0. The van der Waals surface area contributed by atoms with Crippen LogP contribution in [0.3, 0.4) is 0 Å². The molecule has 9 heteroatoms. The van der Waals surface area contributed by atoms with Crippen molar-refractivity contribution >= 4 is 23.4 Å². The van der Waals surface area contributed by atoms with E-state index >= 15 is 0 Å². The lowest BCUT2D eigenvalue weighted by atomic mass is 10.2. The number of nitrogens with one attached hydrogen (secondary N) is 2. The molecule has 0 aliphatic heterocycles. The molecule has 0 radical (unpaired) electrons. The van der Waals surface area contributed by atoms with E-state index in [1.165, 1.54) is 29.5 Å². The number of hydrogen-bond donors (Lipinski definition) is 2. The quantitative estimate of drug-likeness (QED) is 0.693. The van der Waals surface area contributed by atoms with Crippen molar-refractivity contribution in [3.05, 3.63) is 66.5 Å². The molecule has 1 aromatic heterocycles. The molecule has 0 aliphatic carbocycles. The van der Waals surface area contributed by atoms with Crippen molar-refractivity contribution in [2.24, 2.45) is 0 Å². The summed E-state index contributed by atoms with van der Waals surface area (Å²) < 4.78 is 20.7. The Bertz CT molecular complexity index is 1010. The molecule has 2 N–H and O–H groups in total. The standard InChI is InChI=1S/C20H20FN5O3/c1-20(2,3)29-19(28)25-14-6-4-13(5-7-14)18(27)24-15-8-9-17(16(21)10-15)26-12-22-11-23-26/h4-12H,1-3H3,(H,24,27)(H,25,28). The minimum Gasteiger partial charge on any atom is -0.444 e. The van der Waals surface area contributed by atoms with E-state index in [0.717, 1.165) is 0 Å². The number of nitrogens with zero attached hydrogens (tertiary/aromatic N) is 3. The summed E-state index contributed by atoms with van der Waals surface area (Å²) in [6, 6.07) is 10.5. The van der Waals surface area contributed by atoms with Gasteiger partial charge in [0.15, 0.2) is 5.82 Å². The highest BCUT2D eigenvalue weighted by Crippen LogP contribution is 2.19. The largest absolute Gasteiger partial charge is 0.444 e. The van der Waals surface area contributed by atoms with Crippen molar-refractivity contribution < 1.29 is 18.7 Å². The fourth-order valence-electron chi connectivity index (χ4n) is 2.43. The van der Waals surface area contributed by atoms with Crippen molar-refractivity contribution in [2.75, 3.05) is 10.6 Å². The molecular formula is C20H20FN5O3. The maximum atomic E-state index is 14.3. The van der Waals surface area contributed by atoms with Gasteiger partial charge in [-0.3, -0.25) is 10.1 Å². The van der Waals surface area contributed by atoms with Gasteiger partial charge in [-0.2, -0.15) is 5.10 Å². The first-order chi connectivity index (χ1) is 13.7. The van der Waals surface area contributed by atoms with Crippen LogP contribution in [0.2, 0.25) is 0 Å². The molecule has 2 amide bonds. The van der Waals surface area contributed by atoms with Crippen LogP contribution in [0.5, 0.6) is 0 Å². The third-order valence-electron chi connectivity index (χ3n) is 3.66. The molecule has 150 valence electrons. The third-order valence-corrected chi connectivity index (χ3v) is 3.66. The van der Waals surface area contributed by atoms with Crippen LogP contribution < -0.4 is 10.6 Å². The highest BCUT2D eigenvalue weighted by Gasteiger charge is 2.16. The number of amides is 2. The molecule has 0 fully saturated rings. The second kappa shape index (κ2) is 8.09. The molecule has 8 nitrogen and oxygen atoms in total. The van der Waals surface area contributed by atoms with Crippen molar-refractivity contribution in [2.45, 2.75) is 26.4 Å². The Balaban J connectivity index is 1.64. The number of benzene rings is 2. The van der Waals surface area contributed by atoms with Gasteiger partial charge in [-0.1, -0.05) is 0 Å². The van der Waals surface area contributed by atoms with Crippen LogP contribution in [0.1, 0.15) is 31.1 Å². The summed E-state index contributed by atoms with van der Waals surface area (Å²) in [6.07, 6.45) is 2.10. The molecule has 0 bridgehead atoms. The Morgan fingerprint density at radius 2 is 1.72 bits per heavy atom. The Morgan fingerprint density at radius 1 is 1.03 bits per heavy atom. The first-order valence-corrected chi connectivity index (χ1v) is 8.77. The molecule has 0 atom stereocenters. The number of ether oxygens (including phenoxy) is 1. The van der Waals surface area contributed by atoms with Crippen molar-refractivity contribution in [3.63, 3.8) is 0 Å². The highest BCUT2D eigenvalue weighted by molar-refractivity contribution is 6.04. The van der Waals surface area contributed by atoms with E-state index in [2.05, 4.69) is 20.7 Å². The van der Waals surface area contributed by atoms with Crippen LogP contribution in [-0.4, -0.2) is 32.4 Å². The monoisotopic (exact) mass is 397 g/mol. The van der Waals surface area contributed by atoms with E-state index in [0.29, 0.717) is 16.9 Å². The Hall–Kier alpha value is -3.75. The van der Waals surface area contributed by atoms with E-state index in [4.69, 9.17) is 4.74 Å².